The molecule has 1 atom stereocenters. The van der Waals surface area contributed by atoms with Gasteiger partial charge in [0.1, 0.15) is 10.5 Å². The highest BCUT2D eigenvalue weighted by Gasteiger charge is 2.35. The molecule has 0 radical (unpaired) electrons. The molecule has 2 bridgehead atoms. The smallest absolute Gasteiger partial charge is 0.269 e. The Morgan fingerprint density at radius 2 is 2.07 bits per heavy atom. The Balaban J connectivity index is 0.000000482. The van der Waals surface area contributed by atoms with Crippen molar-refractivity contribution >= 4 is 56.8 Å². The van der Waals surface area contributed by atoms with Gasteiger partial charge < -0.3 is 14.9 Å². The lowest BCUT2D eigenvalue weighted by molar-refractivity contribution is 0.372. The first-order valence-corrected chi connectivity index (χ1v) is 16.1. The van der Waals surface area contributed by atoms with Crippen molar-refractivity contribution in [3.05, 3.63) is 86.4 Å². The highest BCUT2D eigenvalue weighted by Crippen LogP contribution is 2.42. The van der Waals surface area contributed by atoms with E-state index in [9.17, 15) is 10.1 Å². The quantitative estimate of drug-likeness (QED) is 0.187. The van der Waals surface area contributed by atoms with Gasteiger partial charge in [-0.05, 0) is 68.7 Å². The first kappa shape index (κ1) is 29.6. The molecular formula is C32H29Cl2FN6OS. The number of hydrogen-bond acceptors (Lipinski definition) is 6. The van der Waals surface area contributed by atoms with Gasteiger partial charge in [0.2, 0.25) is 0 Å². The second-order valence-electron chi connectivity index (χ2n) is 11.0. The molecule has 2 aromatic carbocycles. The van der Waals surface area contributed by atoms with E-state index in [4.69, 9.17) is 28.2 Å². The van der Waals surface area contributed by atoms with Crippen molar-refractivity contribution in [1.29, 1.82) is 5.26 Å². The maximum atomic E-state index is 16.4. The molecule has 5 heterocycles. The Hall–Kier alpha value is -3.42. The third kappa shape index (κ3) is 5.53. The molecule has 2 aliphatic heterocycles. The lowest BCUT2D eigenvalue weighted by Gasteiger charge is -2.19. The Kier molecular flexibility index (Phi) is 8.47. The summed E-state index contributed by atoms with van der Waals surface area (Å²) in [5, 5.41) is 15.3. The highest BCUT2D eigenvalue weighted by molar-refractivity contribution is 7.98. The van der Waals surface area contributed by atoms with Crippen molar-refractivity contribution in [3.63, 3.8) is 0 Å². The van der Waals surface area contributed by atoms with Gasteiger partial charge in [-0.3, -0.25) is 9.78 Å². The zero-order valence-corrected chi connectivity index (χ0v) is 26.0. The van der Waals surface area contributed by atoms with Gasteiger partial charge >= 0.3 is 0 Å². The minimum absolute atomic E-state index is 0.186. The molecule has 0 spiro atoms. The first-order chi connectivity index (χ1) is 20.8. The summed E-state index contributed by atoms with van der Waals surface area (Å²) in [7, 11) is 0. The summed E-state index contributed by atoms with van der Waals surface area (Å²) in [6, 6.07) is 11.6. The van der Waals surface area contributed by atoms with E-state index in [0.717, 1.165) is 23.0 Å². The molecule has 43 heavy (non-hydrogen) atoms. The Morgan fingerprint density at radius 3 is 2.72 bits per heavy atom. The number of H-pyrrole nitrogens is 1. The highest BCUT2D eigenvalue weighted by atomic mass is 35.5. The van der Waals surface area contributed by atoms with E-state index < -0.39 is 5.82 Å². The van der Waals surface area contributed by atoms with Crippen molar-refractivity contribution in [3.8, 4) is 17.2 Å². The average Bonchev–Trinajstić information content (AvgIpc) is 3.76. The number of aryl methyl sites for hydroxylation is 1. The van der Waals surface area contributed by atoms with Gasteiger partial charge in [0.25, 0.3) is 5.56 Å². The van der Waals surface area contributed by atoms with Crippen molar-refractivity contribution < 1.29 is 4.39 Å². The predicted molar refractivity (Wildman–Crippen MR) is 172 cm³/mol. The normalized spacial score (nSPS) is 17.8. The van der Waals surface area contributed by atoms with Crippen LogP contribution in [0.3, 0.4) is 0 Å². The molecule has 0 amide bonds. The largest absolute Gasteiger partial charge is 0.356 e. The van der Waals surface area contributed by atoms with E-state index in [1.54, 1.807) is 35.2 Å². The fourth-order valence-electron chi connectivity index (χ4n) is 6.00. The standard InChI is InChI=1S/C27H20Cl2FN5OS.C5H9N/c1-14(35-10-9-32-13-21(35)36)20-12-18-25(33-20)17-11-15(5-4-8-31)22(16-6-3-7-19(28)23(16)29)24(30)26(17)34-27(18)37-2;1-4-2-5(1)6-3-4/h3,6-7,9-14,33H,4-5H2,1-2H3;4-6H,1-3H2. The fraction of sp³-hybridized carbons (Fsp3) is 0.312. The second kappa shape index (κ2) is 12.3. The average molecular weight is 636 g/mol. The second-order valence-corrected chi connectivity index (χ2v) is 12.5. The van der Waals surface area contributed by atoms with Crippen LogP contribution in [-0.4, -0.2) is 38.4 Å². The number of fused-ring (bicyclic) bond motifs is 4. The number of aromatic nitrogens is 4. The topological polar surface area (TPSA) is 99.4 Å². The monoisotopic (exact) mass is 634 g/mol. The Bertz CT molecular complexity index is 1930. The van der Waals surface area contributed by atoms with Crippen LogP contribution in [0.5, 0.6) is 0 Å². The maximum Gasteiger partial charge on any atom is 0.269 e. The molecule has 2 N–H and O–H groups in total. The van der Waals surface area contributed by atoms with Crippen LogP contribution in [0.1, 0.15) is 43.5 Å². The van der Waals surface area contributed by atoms with Crippen LogP contribution < -0.4 is 10.9 Å². The number of pyridine rings is 1. The Labute approximate surface area is 262 Å². The molecule has 8 rings (SSSR count). The number of aromatic amines is 1. The SMILES string of the molecule is C1NC2CC1C2.CSc1nc2c(F)c(-c3cccc(Cl)c3Cl)c(CCC#N)cc2c2[nH]c(C(C)n3ccncc3=O)cc12. The fourth-order valence-corrected chi connectivity index (χ4v) is 6.95. The number of rotatable bonds is 6. The van der Waals surface area contributed by atoms with Gasteiger partial charge in [-0.15, -0.1) is 11.8 Å². The predicted octanol–water partition coefficient (Wildman–Crippen LogP) is 7.54. The molecule has 1 saturated carbocycles. The lowest BCUT2D eigenvalue weighted by Crippen LogP contribution is -2.23. The molecule has 220 valence electrons. The number of thioether (sulfide) groups is 1. The third-order valence-corrected chi connectivity index (χ3v) is 9.86. The van der Waals surface area contributed by atoms with E-state index in [-0.39, 0.29) is 34.1 Å². The zero-order chi connectivity index (χ0) is 30.2. The summed E-state index contributed by atoms with van der Waals surface area (Å²) in [5.74, 6) is 0.552. The molecule has 1 aliphatic carbocycles. The Morgan fingerprint density at radius 1 is 1.26 bits per heavy atom. The van der Waals surface area contributed by atoms with Crippen molar-refractivity contribution in [1.82, 2.24) is 24.8 Å². The summed E-state index contributed by atoms with van der Waals surface area (Å²) in [6.07, 6.45) is 9.81. The first-order valence-electron chi connectivity index (χ1n) is 14.1. The maximum absolute atomic E-state index is 16.4. The van der Waals surface area contributed by atoms with Gasteiger partial charge in [-0.2, -0.15) is 5.26 Å². The summed E-state index contributed by atoms with van der Waals surface area (Å²) < 4.78 is 17.9. The molecule has 3 fully saturated rings. The number of hydrogen-bond donors (Lipinski definition) is 2. The molecular weight excluding hydrogens is 606 g/mol. The van der Waals surface area contributed by atoms with Crippen LogP contribution >= 0.6 is 35.0 Å². The van der Waals surface area contributed by atoms with Crippen LogP contribution in [0.25, 0.3) is 32.9 Å². The van der Waals surface area contributed by atoms with E-state index >= 15 is 4.39 Å². The van der Waals surface area contributed by atoms with Crippen LogP contribution in [-0.2, 0) is 6.42 Å². The minimum Gasteiger partial charge on any atom is -0.356 e. The zero-order valence-electron chi connectivity index (χ0n) is 23.6. The molecule has 5 aromatic rings. The minimum atomic E-state index is -0.527. The molecule has 3 aliphatic rings. The number of benzene rings is 2. The lowest BCUT2D eigenvalue weighted by atomic mass is 9.87. The molecule has 3 aromatic heterocycles. The van der Waals surface area contributed by atoms with Crippen LogP contribution in [0, 0.1) is 23.1 Å². The van der Waals surface area contributed by atoms with Crippen molar-refractivity contribution in [2.75, 3.05) is 12.8 Å². The number of nitriles is 1. The number of halogens is 3. The number of nitrogens with one attached hydrogen (secondary N) is 2. The molecule has 2 saturated heterocycles. The number of nitrogens with zero attached hydrogens (tertiary/aromatic N) is 4. The van der Waals surface area contributed by atoms with E-state index in [2.05, 4.69) is 21.4 Å². The summed E-state index contributed by atoms with van der Waals surface area (Å²) >= 11 is 14.1. The van der Waals surface area contributed by atoms with Gasteiger partial charge in [0, 0.05) is 52.4 Å². The van der Waals surface area contributed by atoms with E-state index in [0.29, 0.717) is 38.5 Å². The van der Waals surface area contributed by atoms with Gasteiger partial charge in [-0.25, -0.2) is 9.37 Å². The summed E-state index contributed by atoms with van der Waals surface area (Å²) in [4.78, 5) is 24.4. The van der Waals surface area contributed by atoms with E-state index in [1.165, 1.54) is 37.3 Å². The van der Waals surface area contributed by atoms with Crippen LogP contribution in [0.4, 0.5) is 4.39 Å². The molecule has 1 unspecified atom stereocenters. The van der Waals surface area contributed by atoms with Crippen LogP contribution in [0.2, 0.25) is 10.0 Å². The molecule has 11 heteroatoms. The van der Waals surface area contributed by atoms with Crippen LogP contribution in [0.15, 0.2) is 58.7 Å². The van der Waals surface area contributed by atoms with E-state index in [1.807, 2.05) is 25.3 Å². The van der Waals surface area contributed by atoms with Crippen molar-refractivity contribution in [2.24, 2.45) is 5.92 Å². The molecule has 7 nitrogen and oxygen atoms in total. The van der Waals surface area contributed by atoms with Gasteiger partial charge in [0.15, 0.2) is 5.82 Å². The summed E-state index contributed by atoms with van der Waals surface area (Å²) in [5.41, 5.74) is 2.81. The van der Waals surface area contributed by atoms with Gasteiger partial charge in [-0.1, -0.05) is 35.3 Å². The summed E-state index contributed by atoms with van der Waals surface area (Å²) in [6.45, 7) is 3.21. The third-order valence-electron chi connectivity index (χ3n) is 8.35. The van der Waals surface area contributed by atoms with Crippen molar-refractivity contribution in [2.45, 2.75) is 49.7 Å². The van der Waals surface area contributed by atoms with Gasteiger partial charge in [0.05, 0.1) is 33.9 Å².